The summed E-state index contributed by atoms with van der Waals surface area (Å²) in [4.78, 5) is 25.7. The topological polar surface area (TPSA) is 310 Å². The number of hydrogen-bond acceptors (Lipinski definition) is 20. The van der Waals surface area contributed by atoms with Crippen molar-refractivity contribution in [1.82, 2.24) is 0 Å². The minimum Gasteiger partial charge on any atom is -0.493 e. The van der Waals surface area contributed by atoms with E-state index < -0.39 is 92.0 Å². The molecule has 10 N–H and O–H groups in total. The van der Waals surface area contributed by atoms with E-state index in [1.807, 2.05) is 0 Å². The van der Waals surface area contributed by atoms with Crippen LogP contribution in [0.25, 0.3) is 12.2 Å². The van der Waals surface area contributed by atoms with Crippen LogP contribution in [-0.2, 0) is 19.1 Å². The number of carbonyl (C=O) groups excluding carboxylic acids is 2. The van der Waals surface area contributed by atoms with Gasteiger partial charge in [0.2, 0.25) is 11.5 Å². The van der Waals surface area contributed by atoms with Gasteiger partial charge in [-0.05, 0) is 48.6 Å². The maximum atomic E-state index is 12.9. The van der Waals surface area contributed by atoms with Crippen LogP contribution in [0.3, 0.4) is 0 Å². The molecule has 0 aliphatic carbocycles. The largest absolute Gasteiger partial charge is 0.493 e. The third kappa shape index (κ3) is 9.02. The molecule has 2 aromatic rings. The summed E-state index contributed by atoms with van der Waals surface area (Å²) >= 11 is 0. The first kappa shape index (κ1) is 43.3. The predicted molar refractivity (Wildman–Crippen MR) is 183 cm³/mol. The highest BCUT2D eigenvalue weighted by molar-refractivity contribution is 6.11. The summed E-state index contributed by atoms with van der Waals surface area (Å²) in [6.07, 6.45) is -11.1. The number of ether oxygens (including phenoxy) is 8. The van der Waals surface area contributed by atoms with E-state index in [1.54, 1.807) is 0 Å². The summed E-state index contributed by atoms with van der Waals surface area (Å²) in [7, 11) is 4.91. The van der Waals surface area contributed by atoms with Gasteiger partial charge in [-0.2, -0.15) is 0 Å². The molecule has 4 rings (SSSR count). The first-order chi connectivity index (χ1) is 26.0. The number of benzene rings is 2. The molecule has 2 aliphatic rings. The lowest BCUT2D eigenvalue weighted by molar-refractivity contribution is -0.422. The van der Waals surface area contributed by atoms with Gasteiger partial charge in [0.15, 0.2) is 46.8 Å². The molecule has 0 unspecified atom stereocenters. The summed E-state index contributed by atoms with van der Waals surface area (Å²) in [5.41, 5.74) is 0.304. The maximum Gasteiger partial charge on any atom is 0.355 e. The van der Waals surface area contributed by atoms with E-state index >= 15 is 0 Å². The van der Waals surface area contributed by atoms with Crippen molar-refractivity contribution in [3.63, 3.8) is 0 Å². The Morgan fingerprint density at radius 3 is 1.27 bits per heavy atom. The van der Waals surface area contributed by atoms with E-state index in [9.17, 15) is 60.7 Å². The second-order valence-corrected chi connectivity index (χ2v) is 12.2. The molecule has 2 heterocycles. The summed E-state index contributed by atoms with van der Waals surface area (Å²) in [6.45, 7) is -1.72. The third-order valence-electron chi connectivity index (χ3n) is 8.66. The molecule has 0 aromatic heterocycles. The molecular weight excluding hydrogens is 740 g/mol. The minimum absolute atomic E-state index is 0.0594. The van der Waals surface area contributed by atoms with Crippen LogP contribution in [0.1, 0.15) is 17.5 Å². The highest BCUT2D eigenvalue weighted by Gasteiger charge is 2.57. The molecule has 0 saturated carbocycles. The molecule has 0 spiro atoms. The molecule has 2 saturated heterocycles. The molecule has 20 heteroatoms. The molecule has 10 atom stereocenters. The zero-order chi connectivity index (χ0) is 40.8. The van der Waals surface area contributed by atoms with Crippen LogP contribution in [-0.4, -0.2) is 165 Å². The smallest absolute Gasteiger partial charge is 0.355 e. The summed E-state index contributed by atoms with van der Waals surface area (Å²) in [5, 5.41) is 103. The Morgan fingerprint density at radius 1 is 0.600 bits per heavy atom. The number of aliphatic hydroxyl groups excluding tert-OH is 8. The summed E-state index contributed by atoms with van der Waals surface area (Å²) < 4.78 is 42.8. The number of allylic oxidation sites excluding steroid dienone is 2. The normalized spacial score (nSPS) is 30.9. The van der Waals surface area contributed by atoms with E-state index in [0.29, 0.717) is 0 Å². The van der Waals surface area contributed by atoms with Crippen LogP contribution in [0.2, 0.25) is 0 Å². The van der Waals surface area contributed by atoms with Gasteiger partial charge >= 0.3 is 11.9 Å². The molecule has 0 radical (unpaired) electrons. The summed E-state index contributed by atoms with van der Waals surface area (Å²) in [5.74, 6) is -8.55. The summed E-state index contributed by atoms with van der Waals surface area (Å²) in [6, 6.07) is 5.56. The highest BCUT2D eigenvalue weighted by atomic mass is 16.8. The number of ketones is 2. The third-order valence-corrected chi connectivity index (χ3v) is 8.66. The molecule has 2 aliphatic heterocycles. The van der Waals surface area contributed by atoms with E-state index in [2.05, 4.69) is 0 Å². The van der Waals surface area contributed by atoms with Gasteiger partial charge in [0.1, 0.15) is 36.6 Å². The lowest BCUT2D eigenvalue weighted by Crippen LogP contribution is -2.67. The van der Waals surface area contributed by atoms with Gasteiger partial charge in [-0.3, -0.25) is 9.59 Å². The maximum absolute atomic E-state index is 12.9. The van der Waals surface area contributed by atoms with Crippen molar-refractivity contribution < 1.29 is 98.5 Å². The predicted octanol–water partition coefficient (Wildman–Crippen LogP) is -3.03. The van der Waals surface area contributed by atoms with Crippen molar-refractivity contribution in [2.24, 2.45) is 0 Å². The van der Waals surface area contributed by atoms with Gasteiger partial charge in [-0.1, -0.05) is 0 Å². The fourth-order valence-electron chi connectivity index (χ4n) is 5.68. The zero-order valence-electron chi connectivity index (χ0n) is 29.9. The fraction of sp³-hybridized carbons (Fsp3) is 0.486. The molecule has 304 valence electrons. The van der Waals surface area contributed by atoms with E-state index in [-0.39, 0.29) is 45.6 Å². The molecule has 0 amide bonds. The lowest BCUT2D eigenvalue weighted by atomic mass is 9.98. The average molecular weight is 785 g/mol. The van der Waals surface area contributed by atoms with Gasteiger partial charge in [-0.25, -0.2) is 0 Å². The quantitative estimate of drug-likeness (QED) is 0.0460. The Labute approximate surface area is 313 Å². The van der Waals surface area contributed by atoms with Crippen molar-refractivity contribution in [3.05, 3.63) is 47.5 Å². The monoisotopic (exact) mass is 784 g/mol. The van der Waals surface area contributed by atoms with Crippen LogP contribution in [0, 0.1) is 0 Å². The Hall–Kier alpha value is -4.42. The first-order valence-electron chi connectivity index (χ1n) is 16.4. The first-order valence-corrected chi connectivity index (χ1v) is 16.4. The van der Waals surface area contributed by atoms with Crippen molar-refractivity contribution in [2.75, 3.05) is 41.7 Å². The van der Waals surface area contributed by atoms with Crippen molar-refractivity contribution >= 4 is 23.7 Å². The van der Waals surface area contributed by atoms with Crippen LogP contribution in [0.4, 0.5) is 0 Å². The molecule has 2 fully saturated rings. The molecule has 20 nitrogen and oxygen atoms in total. The van der Waals surface area contributed by atoms with Crippen LogP contribution in [0.15, 0.2) is 36.4 Å². The van der Waals surface area contributed by atoms with E-state index in [4.69, 9.17) is 37.9 Å². The van der Waals surface area contributed by atoms with Crippen molar-refractivity contribution in [1.29, 1.82) is 0 Å². The minimum atomic E-state index is -3.01. The number of rotatable bonds is 16. The van der Waals surface area contributed by atoms with Gasteiger partial charge in [0, 0.05) is 11.1 Å². The second-order valence-electron chi connectivity index (χ2n) is 12.2. The Balaban J connectivity index is 1.53. The Kier molecular flexibility index (Phi) is 14.2. The SMILES string of the molecule is COc1ccc(/C=C/C(=O)CC(=O)/C=C/c2ccc(OC)c(O[C@@]3(O)O[C@H](CO)[C@@H](O)[C@H](O)[C@H]3O)c2OC)c(OC)c1O[C@@]1(O)O[C@H](CO)[C@@H](O)[C@H](O)[C@H]1O. The standard InChI is InChI=1S/C35H44O20/c1-48-20-11-7-16(28(50-3)30(20)54-34(46)32(44)26(42)24(40)22(14-36)52-34)5-9-18(38)13-19(39)10-6-17-8-12-21(49-2)31(29(17)51-4)55-35(47)33(45)27(43)25(41)23(15-37)53-35/h5-12,22-27,32-33,36-37,40-47H,13-15H2,1-4H3/b9-5+,10-6+/t22-,23-,24-,25-,26+,27+,32-,33-,34+,35+/m1/s1. The molecular formula is C35H44O20. The van der Waals surface area contributed by atoms with Crippen LogP contribution >= 0.6 is 0 Å². The zero-order valence-corrected chi connectivity index (χ0v) is 29.9. The Bertz CT molecular complexity index is 1600. The van der Waals surface area contributed by atoms with Gasteiger partial charge in [0.25, 0.3) is 0 Å². The molecule has 55 heavy (non-hydrogen) atoms. The molecule has 2 aromatic carbocycles. The number of methoxy groups -OCH3 is 4. The number of carbonyl (C=O) groups is 2. The van der Waals surface area contributed by atoms with Gasteiger partial charge in [-0.15, -0.1) is 0 Å². The van der Waals surface area contributed by atoms with E-state index in [0.717, 1.165) is 12.2 Å². The van der Waals surface area contributed by atoms with Crippen molar-refractivity contribution in [3.8, 4) is 34.5 Å². The fourth-order valence-corrected chi connectivity index (χ4v) is 5.68. The van der Waals surface area contributed by atoms with Crippen LogP contribution < -0.4 is 28.4 Å². The van der Waals surface area contributed by atoms with Gasteiger partial charge < -0.3 is 89.0 Å². The highest BCUT2D eigenvalue weighted by Crippen LogP contribution is 2.46. The lowest BCUT2D eigenvalue weighted by Gasteiger charge is -2.44. The van der Waals surface area contributed by atoms with Crippen LogP contribution in [0.5, 0.6) is 34.5 Å². The number of hydrogen-bond donors (Lipinski definition) is 10. The van der Waals surface area contributed by atoms with Crippen molar-refractivity contribution in [2.45, 2.75) is 67.2 Å². The molecule has 0 bridgehead atoms. The average Bonchev–Trinajstić information content (AvgIpc) is 3.17. The second kappa shape index (κ2) is 18.0. The van der Waals surface area contributed by atoms with Gasteiger partial charge in [0.05, 0.1) is 48.1 Å². The number of aliphatic hydroxyl groups is 10. The Morgan fingerprint density at radius 2 is 0.964 bits per heavy atom. The van der Waals surface area contributed by atoms with E-state index in [1.165, 1.54) is 64.9 Å².